The predicted octanol–water partition coefficient (Wildman–Crippen LogP) is 4.03. The predicted molar refractivity (Wildman–Crippen MR) is 104 cm³/mol. The Morgan fingerprint density at radius 3 is 2.77 bits per heavy atom. The summed E-state index contributed by atoms with van der Waals surface area (Å²) in [5.41, 5.74) is 12.1. The van der Waals surface area contributed by atoms with Gasteiger partial charge in [0.15, 0.2) is 0 Å². The first-order valence-electron chi connectivity index (χ1n) is 9.56. The van der Waals surface area contributed by atoms with E-state index >= 15 is 0 Å². The molecule has 0 aliphatic carbocycles. The van der Waals surface area contributed by atoms with Crippen LogP contribution in [0.25, 0.3) is 0 Å². The number of aryl methyl sites for hydroxylation is 2. The molecule has 0 fully saturated rings. The molecule has 4 nitrogen and oxygen atoms in total. The maximum Gasteiger partial charge on any atom is 0.254 e. The van der Waals surface area contributed by atoms with Gasteiger partial charge in [0, 0.05) is 24.2 Å². The Kier molecular flexibility index (Phi) is 5.52. The zero-order valence-electron chi connectivity index (χ0n) is 16.2. The minimum Gasteiger partial charge on any atom is -0.472 e. The molecule has 3 rings (SSSR count). The van der Waals surface area contributed by atoms with E-state index < -0.39 is 0 Å². The van der Waals surface area contributed by atoms with Crippen LogP contribution >= 0.6 is 0 Å². The molecular formula is C22H30N2O2. The van der Waals surface area contributed by atoms with E-state index in [1.54, 1.807) is 12.5 Å². The number of hydrogen-bond donors (Lipinski definition) is 1. The fraction of sp³-hybridized carbons (Fsp3) is 0.500. The van der Waals surface area contributed by atoms with Gasteiger partial charge in [0.1, 0.15) is 0 Å². The first kappa shape index (κ1) is 18.7. The Balaban J connectivity index is 1.54. The largest absolute Gasteiger partial charge is 0.472 e. The summed E-state index contributed by atoms with van der Waals surface area (Å²) in [5.74, 6) is 0.156. The second-order valence-electron chi connectivity index (χ2n) is 7.96. The van der Waals surface area contributed by atoms with Crippen molar-refractivity contribution in [3.8, 4) is 0 Å². The molecule has 0 spiro atoms. The molecule has 26 heavy (non-hydrogen) atoms. The molecule has 1 amide bonds. The van der Waals surface area contributed by atoms with Crippen LogP contribution in [0, 0.1) is 13.8 Å². The van der Waals surface area contributed by atoms with Crippen molar-refractivity contribution in [2.45, 2.75) is 58.4 Å². The number of rotatable bonds is 7. The van der Waals surface area contributed by atoms with E-state index in [-0.39, 0.29) is 11.4 Å². The van der Waals surface area contributed by atoms with Gasteiger partial charge in [-0.1, -0.05) is 6.07 Å². The number of nitrogens with two attached hydrogens (primary N) is 1. The molecule has 0 saturated heterocycles. The zero-order valence-corrected chi connectivity index (χ0v) is 16.2. The zero-order chi connectivity index (χ0) is 18.7. The summed E-state index contributed by atoms with van der Waals surface area (Å²) >= 11 is 0. The van der Waals surface area contributed by atoms with Gasteiger partial charge >= 0.3 is 0 Å². The van der Waals surface area contributed by atoms with Crippen molar-refractivity contribution in [3.63, 3.8) is 0 Å². The Morgan fingerprint density at radius 1 is 1.23 bits per heavy atom. The van der Waals surface area contributed by atoms with Crippen LogP contribution < -0.4 is 5.73 Å². The number of carbonyl (C=O) groups excluding carboxylic acids is 1. The van der Waals surface area contributed by atoms with Gasteiger partial charge < -0.3 is 15.1 Å². The van der Waals surface area contributed by atoms with Crippen molar-refractivity contribution in [1.29, 1.82) is 0 Å². The molecule has 2 N–H and O–H groups in total. The molecule has 1 atom stereocenters. The quantitative estimate of drug-likeness (QED) is 0.817. The normalized spacial score (nSPS) is 16.5. The molecule has 1 aromatic carbocycles. The molecule has 2 aromatic rings. The van der Waals surface area contributed by atoms with Gasteiger partial charge in [0.2, 0.25) is 0 Å². The molecule has 0 saturated carbocycles. The third-order valence-electron chi connectivity index (χ3n) is 5.76. The second kappa shape index (κ2) is 7.67. The smallest absolute Gasteiger partial charge is 0.254 e. The number of furan rings is 1. The van der Waals surface area contributed by atoms with Crippen LogP contribution in [0.5, 0.6) is 0 Å². The Hall–Kier alpha value is -2.07. The van der Waals surface area contributed by atoms with Crippen molar-refractivity contribution in [3.05, 3.63) is 58.5 Å². The maximum atomic E-state index is 12.8. The lowest BCUT2D eigenvalue weighted by Gasteiger charge is -2.33. The molecule has 2 heterocycles. The van der Waals surface area contributed by atoms with Gasteiger partial charge in [-0.05, 0) is 87.3 Å². The van der Waals surface area contributed by atoms with E-state index in [1.807, 2.05) is 17.0 Å². The van der Waals surface area contributed by atoms with Gasteiger partial charge in [-0.15, -0.1) is 0 Å². The van der Waals surface area contributed by atoms with Gasteiger partial charge in [-0.2, -0.15) is 0 Å². The topological polar surface area (TPSA) is 59.5 Å². The molecule has 1 unspecified atom stereocenters. The van der Waals surface area contributed by atoms with Crippen molar-refractivity contribution < 1.29 is 9.21 Å². The fourth-order valence-corrected chi connectivity index (χ4v) is 3.78. The number of amides is 1. The third kappa shape index (κ3) is 4.18. The van der Waals surface area contributed by atoms with Crippen LogP contribution in [0.1, 0.15) is 58.8 Å². The molecular weight excluding hydrogens is 324 g/mol. The number of hydrogen-bond acceptors (Lipinski definition) is 3. The van der Waals surface area contributed by atoms with Crippen LogP contribution in [0.15, 0.2) is 35.1 Å². The molecule has 4 heteroatoms. The van der Waals surface area contributed by atoms with Crippen LogP contribution in [-0.2, 0) is 12.8 Å². The lowest BCUT2D eigenvalue weighted by Crippen LogP contribution is -2.44. The highest BCUT2D eigenvalue weighted by Gasteiger charge is 2.27. The van der Waals surface area contributed by atoms with Gasteiger partial charge in [-0.3, -0.25) is 4.79 Å². The minimum atomic E-state index is -0.256. The Bertz CT molecular complexity index is 763. The van der Waals surface area contributed by atoms with Crippen LogP contribution in [0.4, 0.5) is 0 Å². The summed E-state index contributed by atoms with van der Waals surface area (Å²) in [7, 11) is 0. The standard InChI is InChI=1S/C22H30N2O2/c1-16-6-7-20-19(17(16)2)8-12-24(21(20)25)13-11-22(3,23)10-4-5-18-9-14-26-15-18/h6-7,9,14-15H,4-5,8,10-13,23H2,1-3H3. The Labute approximate surface area is 156 Å². The number of carbonyl (C=O) groups is 1. The van der Waals surface area contributed by atoms with E-state index in [0.29, 0.717) is 0 Å². The van der Waals surface area contributed by atoms with Crippen LogP contribution in [0.3, 0.4) is 0 Å². The molecule has 0 bridgehead atoms. The first-order chi connectivity index (χ1) is 12.4. The monoisotopic (exact) mass is 354 g/mol. The first-order valence-corrected chi connectivity index (χ1v) is 9.56. The fourth-order valence-electron chi connectivity index (χ4n) is 3.78. The average molecular weight is 354 g/mol. The van der Waals surface area contributed by atoms with E-state index in [9.17, 15) is 4.79 Å². The van der Waals surface area contributed by atoms with Gasteiger partial charge in [-0.25, -0.2) is 0 Å². The molecule has 1 aliphatic heterocycles. The highest BCUT2D eigenvalue weighted by atomic mass is 16.3. The number of benzene rings is 1. The third-order valence-corrected chi connectivity index (χ3v) is 5.76. The molecule has 1 aliphatic rings. The molecule has 140 valence electrons. The van der Waals surface area contributed by atoms with Crippen LogP contribution in [-0.4, -0.2) is 29.4 Å². The van der Waals surface area contributed by atoms with E-state index in [1.165, 1.54) is 22.3 Å². The van der Waals surface area contributed by atoms with Crippen molar-refractivity contribution >= 4 is 5.91 Å². The van der Waals surface area contributed by atoms with E-state index in [0.717, 1.165) is 50.8 Å². The summed E-state index contributed by atoms with van der Waals surface area (Å²) < 4.78 is 5.10. The minimum absolute atomic E-state index is 0.156. The van der Waals surface area contributed by atoms with E-state index in [4.69, 9.17) is 10.2 Å². The lowest BCUT2D eigenvalue weighted by molar-refractivity contribution is 0.0726. The maximum absolute atomic E-state index is 12.8. The average Bonchev–Trinajstić information content (AvgIpc) is 3.11. The van der Waals surface area contributed by atoms with Gasteiger partial charge in [0.05, 0.1) is 12.5 Å². The number of fused-ring (bicyclic) bond motifs is 1. The highest BCUT2D eigenvalue weighted by molar-refractivity contribution is 5.97. The van der Waals surface area contributed by atoms with Crippen molar-refractivity contribution in [2.24, 2.45) is 5.73 Å². The van der Waals surface area contributed by atoms with E-state index in [2.05, 4.69) is 26.8 Å². The molecule has 1 aromatic heterocycles. The van der Waals surface area contributed by atoms with Crippen molar-refractivity contribution in [1.82, 2.24) is 4.90 Å². The summed E-state index contributed by atoms with van der Waals surface area (Å²) in [6, 6.07) is 6.04. The Morgan fingerprint density at radius 2 is 2.04 bits per heavy atom. The molecule has 0 radical (unpaired) electrons. The summed E-state index contributed by atoms with van der Waals surface area (Å²) in [6.45, 7) is 7.84. The summed E-state index contributed by atoms with van der Waals surface area (Å²) in [4.78, 5) is 14.8. The number of nitrogens with zero attached hydrogens (tertiary/aromatic N) is 1. The van der Waals surface area contributed by atoms with Gasteiger partial charge in [0.25, 0.3) is 5.91 Å². The summed E-state index contributed by atoms with van der Waals surface area (Å²) in [6.07, 6.45) is 8.22. The summed E-state index contributed by atoms with van der Waals surface area (Å²) in [5, 5.41) is 0. The second-order valence-corrected chi connectivity index (χ2v) is 7.96. The lowest BCUT2D eigenvalue weighted by atomic mass is 9.89. The van der Waals surface area contributed by atoms with Crippen LogP contribution in [0.2, 0.25) is 0 Å². The van der Waals surface area contributed by atoms with Crippen molar-refractivity contribution in [2.75, 3.05) is 13.1 Å². The SMILES string of the molecule is Cc1ccc2c(c1C)CCN(CCC(C)(N)CCCc1ccoc1)C2=O. The highest BCUT2D eigenvalue weighted by Crippen LogP contribution is 2.25.